The summed E-state index contributed by atoms with van der Waals surface area (Å²) in [6, 6.07) is 8.08. The number of aliphatic imine (C=N–C) groups is 1. The zero-order valence-electron chi connectivity index (χ0n) is 8.45. The first-order chi connectivity index (χ1) is 7.22. The lowest BCUT2D eigenvalue weighted by molar-refractivity contribution is 0.532. The van der Waals surface area contributed by atoms with Crippen molar-refractivity contribution in [1.29, 1.82) is 5.26 Å². The quantitative estimate of drug-likeness (QED) is 0.512. The maximum atomic E-state index is 10.4. The summed E-state index contributed by atoms with van der Waals surface area (Å²) in [5.74, 6) is 0. The Morgan fingerprint density at radius 1 is 1.53 bits per heavy atom. The van der Waals surface area contributed by atoms with Crippen LogP contribution < -0.4 is 0 Å². The van der Waals surface area contributed by atoms with Crippen LogP contribution in [-0.4, -0.2) is 6.08 Å². The standard InChI is InChI=1S/C12H10N2O/c1-9-2-3-10-4-5-12(7-13,14-8-15)11(10)6-9/h2-3,6H,4-5H2,1H3. The SMILES string of the molecule is Cc1ccc2c(c1)C(C#N)(N=C=O)CC2. The summed E-state index contributed by atoms with van der Waals surface area (Å²) in [6.07, 6.45) is 2.90. The van der Waals surface area contributed by atoms with Crippen LogP contribution in [0.25, 0.3) is 0 Å². The van der Waals surface area contributed by atoms with E-state index in [0.717, 1.165) is 23.1 Å². The number of benzene rings is 1. The molecule has 3 nitrogen and oxygen atoms in total. The van der Waals surface area contributed by atoms with E-state index in [0.29, 0.717) is 6.42 Å². The Labute approximate surface area is 88.1 Å². The van der Waals surface area contributed by atoms with E-state index in [1.165, 1.54) is 6.08 Å². The number of nitriles is 1. The molecule has 1 unspecified atom stereocenters. The lowest BCUT2D eigenvalue weighted by atomic mass is 9.93. The molecular formula is C12H10N2O. The van der Waals surface area contributed by atoms with Crippen LogP contribution >= 0.6 is 0 Å². The second kappa shape index (κ2) is 3.34. The maximum Gasteiger partial charge on any atom is 0.236 e. The molecule has 0 N–H and O–H groups in total. The van der Waals surface area contributed by atoms with Gasteiger partial charge >= 0.3 is 0 Å². The van der Waals surface area contributed by atoms with Crippen LogP contribution in [0.5, 0.6) is 0 Å². The lowest BCUT2D eigenvalue weighted by Crippen LogP contribution is -2.17. The molecule has 0 amide bonds. The topological polar surface area (TPSA) is 53.2 Å². The van der Waals surface area contributed by atoms with Gasteiger partial charge in [0.1, 0.15) is 0 Å². The fourth-order valence-electron chi connectivity index (χ4n) is 2.08. The summed E-state index contributed by atoms with van der Waals surface area (Å²) in [7, 11) is 0. The first kappa shape index (κ1) is 9.64. The first-order valence-electron chi connectivity index (χ1n) is 4.82. The highest BCUT2D eigenvalue weighted by Gasteiger charge is 2.39. The third-order valence-electron chi connectivity index (χ3n) is 2.89. The van der Waals surface area contributed by atoms with Crippen LogP contribution in [0.2, 0.25) is 0 Å². The van der Waals surface area contributed by atoms with Crippen LogP contribution in [0.1, 0.15) is 23.1 Å². The van der Waals surface area contributed by atoms with E-state index in [1.54, 1.807) is 0 Å². The number of isocyanates is 1. The highest BCUT2D eigenvalue weighted by molar-refractivity contribution is 5.49. The molecule has 0 saturated carbocycles. The number of aryl methyl sites for hydroxylation is 2. The molecule has 1 aliphatic rings. The van der Waals surface area contributed by atoms with E-state index in [-0.39, 0.29) is 0 Å². The molecule has 0 bridgehead atoms. The lowest BCUT2D eigenvalue weighted by Gasteiger charge is -2.14. The Morgan fingerprint density at radius 3 is 3.00 bits per heavy atom. The van der Waals surface area contributed by atoms with Gasteiger partial charge < -0.3 is 0 Å². The second-order valence-corrected chi connectivity index (χ2v) is 3.84. The first-order valence-corrected chi connectivity index (χ1v) is 4.82. The van der Waals surface area contributed by atoms with Gasteiger partial charge in [0.2, 0.25) is 6.08 Å². The van der Waals surface area contributed by atoms with Gasteiger partial charge in [0.25, 0.3) is 0 Å². The average molecular weight is 198 g/mol. The Kier molecular flexibility index (Phi) is 2.15. The maximum absolute atomic E-state index is 10.4. The molecule has 15 heavy (non-hydrogen) atoms. The summed E-state index contributed by atoms with van der Waals surface area (Å²) in [6.45, 7) is 1.96. The third-order valence-corrected chi connectivity index (χ3v) is 2.89. The largest absolute Gasteiger partial charge is 0.236 e. The average Bonchev–Trinajstić information content (AvgIpc) is 2.58. The number of rotatable bonds is 1. The number of hydrogen-bond acceptors (Lipinski definition) is 3. The fraction of sp³-hybridized carbons (Fsp3) is 0.333. The Morgan fingerprint density at radius 2 is 2.33 bits per heavy atom. The second-order valence-electron chi connectivity index (χ2n) is 3.84. The van der Waals surface area contributed by atoms with E-state index < -0.39 is 5.54 Å². The van der Waals surface area contributed by atoms with Gasteiger partial charge in [0.05, 0.1) is 6.07 Å². The van der Waals surface area contributed by atoms with Crippen LogP contribution in [0, 0.1) is 18.3 Å². The molecule has 1 aliphatic carbocycles. The number of carbonyl (C=O) groups excluding carboxylic acids is 1. The minimum atomic E-state index is -0.983. The van der Waals surface area contributed by atoms with Gasteiger partial charge in [-0.05, 0) is 30.9 Å². The minimum absolute atomic E-state index is 0.581. The predicted molar refractivity (Wildman–Crippen MR) is 54.9 cm³/mol. The van der Waals surface area contributed by atoms with Gasteiger partial charge in [-0.3, -0.25) is 0 Å². The van der Waals surface area contributed by atoms with Crippen molar-refractivity contribution in [2.24, 2.45) is 4.99 Å². The van der Waals surface area contributed by atoms with Crippen molar-refractivity contribution in [2.45, 2.75) is 25.3 Å². The monoisotopic (exact) mass is 198 g/mol. The molecule has 3 heteroatoms. The molecule has 1 aromatic carbocycles. The normalized spacial score (nSPS) is 22.7. The molecule has 1 atom stereocenters. The van der Waals surface area contributed by atoms with E-state index in [2.05, 4.69) is 11.1 Å². The van der Waals surface area contributed by atoms with E-state index in [1.807, 2.05) is 25.1 Å². The molecule has 0 fully saturated rings. The van der Waals surface area contributed by atoms with Crippen molar-refractivity contribution in [2.75, 3.05) is 0 Å². The molecule has 0 aromatic heterocycles. The van der Waals surface area contributed by atoms with Crippen LogP contribution in [0.4, 0.5) is 0 Å². The van der Waals surface area contributed by atoms with Gasteiger partial charge in [-0.2, -0.15) is 10.3 Å². The van der Waals surface area contributed by atoms with Gasteiger partial charge in [-0.25, -0.2) is 4.79 Å². The Hall–Kier alpha value is -1.91. The summed E-state index contributed by atoms with van der Waals surface area (Å²) in [5.41, 5.74) is 2.08. The van der Waals surface area contributed by atoms with Crippen molar-refractivity contribution in [1.82, 2.24) is 0 Å². The fourth-order valence-corrected chi connectivity index (χ4v) is 2.08. The Bertz CT molecular complexity index is 495. The van der Waals surface area contributed by atoms with Crippen molar-refractivity contribution >= 4 is 6.08 Å². The van der Waals surface area contributed by atoms with E-state index >= 15 is 0 Å². The zero-order valence-corrected chi connectivity index (χ0v) is 8.45. The molecule has 0 spiro atoms. The van der Waals surface area contributed by atoms with Gasteiger partial charge in [0.15, 0.2) is 5.54 Å². The smallest absolute Gasteiger partial charge is 0.211 e. The molecule has 74 valence electrons. The van der Waals surface area contributed by atoms with Gasteiger partial charge in [-0.15, -0.1) is 0 Å². The van der Waals surface area contributed by atoms with Gasteiger partial charge in [-0.1, -0.05) is 23.8 Å². The predicted octanol–water partition coefficient (Wildman–Crippen LogP) is 2.00. The molecule has 0 radical (unpaired) electrons. The van der Waals surface area contributed by atoms with Crippen LogP contribution in [-0.2, 0) is 16.8 Å². The minimum Gasteiger partial charge on any atom is -0.211 e. The number of fused-ring (bicyclic) bond motifs is 1. The molecule has 1 aromatic rings. The van der Waals surface area contributed by atoms with Crippen molar-refractivity contribution in [3.63, 3.8) is 0 Å². The summed E-state index contributed by atoms with van der Waals surface area (Å²) < 4.78 is 0. The van der Waals surface area contributed by atoms with Crippen LogP contribution in [0.3, 0.4) is 0 Å². The van der Waals surface area contributed by atoms with Crippen LogP contribution in [0.15, 0.2) is 23.2 Å². The number of hydrogen-bond donors (Lipinski definition) is 0. The summed E-state index contributed by atoms with van der Waals surface area (Å²) in [4.78, 5) is 14.1. The Balaban J connectivity index is 2.65. The summed E-state index contributed by atoms with van der Waals surface area (Å²) in [5, 5.41) is 9.16. The highest BCUT2D eigenvalue weighted by atomic mass is 16.1. The van der Waals surface area contributed by atoms with Crippen molar-refractivity contribution in [3.8, 4) is 6.07 Å². The third kappa shape index (κ3) is 1.36. The molecule has 2 rings (SSSR count). The van der Waals surface area contributed by atoms with E-state index in [9.17, 15) is 4.79 Å². The molecule has 0 aliphatic heterocycles. The van der Waals surface area contributed by atoms with E-state index in [4.69, 9.17) is 5.26 Å². The molecule has 0 heterocycles. The number of nitrogens with zero attached hydrogens (tertiary/aromatic N) is 2. The van der Waals surface area contributed by atoms with Crippen molar-refractivity contribution < 1.29 is 4.79 Å². The zero-order chi connectivity index (χ0) is 10.9. The van der Waals surface area contributed by atoms with Gasteiger partial charge in [0, 0.05) is 0 Å². The summed E-state index contributed by atoms with van der Waals surface area (Å²) >= 11 is 0. The van der Waals surface area contributed by atoms with Crippen molar-refractivity contribution in [3.05, 3.63) is 34.9 Å². The highest BCUT2D eigenvalue weighted by Crippen LogP contribution is 2.39. The molecule has 0 saturated heterocycles. The molecular weight excluding hydrogens is 188 g/mol.